The van der Waals surface area contributed by atoms with Crippen LogP contribution in [-0.2, 0) is 25.3 Å². The van der Waals surface area contributed by atoms with Gasteiger partial charge in [0.1, 0.15) is 15.7 Å². The number of rotatable bonds is 8. The predicted molar refractivity (Wildman–Crippen MR) is 129 cm³/mol. The maximum atomic E-state index is 13.0. The van der Waals surface area contributed by atoms with E-state index in [2.05, 4.69) is 15.4 Å². The molecule has 4 heterocycles. The van der Waals surface area contributed by atoms with E-state index in [-0.39, 0.29) is 11.6 Å². The van der Waals surface area contributed by atoms with Crippen molar-refractivity contribution >= 4 is 40.0 Å². The molecule has 0 saturated carbocycles. The van der Waals surface area contributed by atoms with Crippen molar-refractivity contribution in [3.8, 4) is 0 Å². The molecule has 0 fully saturated rings. The molecule has 0 spiro atoms. The number of fused-ring (bicyclic) bond motifs is 2. The van der Waals surface area contributed by atoms with Gasteiger partial charge < -0.3 is 9.73 Å². The van der Waals surface area contributed by atoms with Gasteiger partial charge in [0.25, 0.3) is 5.91 Å². The Balaban J connectivity index is 1.24. The van der Waals surface area contributed by atoms with Gasteiger partial charge in [-0.1, -0.05) is 30.0 Å². The molecular formula is C23H25N5O3S2. The molecule has 0 radical (unpaired) electrons. The fraction of sp³-hybridized carbons (Fsp3) is 0.391. The van der Waals surface area contributed by atoms with Crippen molar-refractivity contribution in [3.05, 3.63) is 63.0 Å². The van der Waals surface area contributed by atoms with Gasteiger partial charge >= 0.3 is 5.69 Å². The standard InChI is InChI=1S/C23H25N5O3S2/c1-15-13-32-22(25-15)33-14-17-16-7-2-3-8-18(16)31-20(17)21(29)24-10-6-12-28-23(30)27-11-5-4-9-19(27)26-28/h2-3,7-8,13H,4-6,9-12,14H2,1H3,(H,24,29). The minimum Gasteiger partial charge on any atom is -0.451 e. The van der Waals surface area contributed by atoms with Gasteiger partial charge in [0.2, 0.25) is 0 Å². The van der Waals surface area contributed by atoms with Gasteiger partial charge in [0.15, 0.2) is 5.76 Å². The first-order valence-corrected chi connectivity index (χ1v) is 13.0. The Morgan fingerprint density at radius 3 is 3.00 bits per heavy atom. The highest BCUT2D eigenvalue weighted by Gasteiger charge is 2.21. The van der Waals surface area contributed by atoms with Crippen molar-refractivity contribution < 1.29 is 9.21 Å². The Hall–Kier alpha value is -2.85. The van der Waals surface area contributed by atoms with Gasteiger partial charge in [-0.25, -0.2) is 14.5 Å². The molecule has 4 aromatic rings. The fourth-order valence-corrected chi connectivity index (χ4v) is 5.94. The number of hydrogen-bond acceptors (Lipinski definition) is 7. The topological polar surface area (TPSA) is 95.0 Å². The van der Waals surface area contributed by atoms with Crippen molar-refractivity contribution in [1.29, 1.82) is 0 Å². The smallest absolute Gasteiger partial charge is 0.345 e. The average Bonchev–Trinajstić information content (AvgIpc) is 3.51. The predicted octanol–water partition coefficient (Wildman–Crippen LogP) is 4.00. The summed E-state index contributed by atoms with van der Waals surface area (Å²) in [5, 5.41) is 10.4. The number of thioether (sulfide) groups is 1. The van der Waals surface area contributed by atoms with Crippen LogP contribution in [0.15, 0.2) is 43.2 Å². The number of aryl methyl sites for hydroxylation is 3. The number of nitrogens with zero attached hydrogens (tertiary/aromatic N) is 4. The van der Waals surface area contributed by atoms with Crippen molar-refractivity contribution in [1.82, 2.24) is 24.6 Å². The summed E-state index contributed by atoms with van der Waals surface area (Å²) < 4.78 is 10.2. The molecule has 3 aromatic heterocycles. The molecule has 172 valence electrons. The summed E-state index contributed by atoms with van der Waals surface area (Å²) in [6.07, 6.45) is 3.57. The van der Waals surface area contributed by atoms with Crippen molar-refractivity contribution in [2.24, 2.45) is 0 Å². The van der Waals surface area contributed by atoms with Crippen LogP contribution in [0.5, 0.6) is 0 Å². The van der Waals surface area contributed by atoms with Crippen LogP contribution in [-0.4, -0.2) is 31.8 Å². The van der Waals surface area contributed by atoms with Gasteiger partial charge in [-0.3, -0.25) is 9.36 Å². The SMILES string of the molecule is Cc1csc(SCc2c(C(=O)NCCCn3nc4n(c3=O)CCCC4)oc3ccccc23)n1. The molecule has 33 heavy (non-hydrogen) atoms. The highest BCUT2D eigenvalue weighted by atomic mass is 32.2. The number of nitrogens with one attached hydrogen (secondary N) is 1. The minimum atomic E-state index is -0.242. The molecule has 1 aliphatic rings. The van der Waals surface area contributed by atoms with Crippen molar-refractivity contribution in [2.75, 3.05) is 6.54 Å². The Morgan fingerprint density at radius 2 is 2.18 bits per heavy atom. The molecular weight excluding hydrogens is 458 g/mol. The molecule has 1 aliphatic heterocycles. The first-order chi connectivity index (χ1) is 16.1. The number of furan rings is 1. The lowest BCUT2D eigenvalue weighted by Crippen LogP contribution is -2.29. The average molecular weight is 484 g/mol. The van der Waals surface area contributed by atoms with Crippen LogP contribution in [0.4, 0.5) is 0 Å². The van der Waals surface area contributed by atoms with Crippen LogP contribution >= 0.6 is 23.1 Å². The highest BCUT2D eigenvalue weighted by Crippen LogP contribution is 2.33. The lowest BCUT2D eigenvalue weighted by Gasteiger charge is -2.09. The molecule has 1 aromatic carbocycles. The second-order valence-electron chi connectivity index (χ2n) is 8.09. The number of amides is 1. The summed E-state index contributed by atoms with van der Waals surface area (Å²) >= 11 is 3.21. The molecule has 1 amide bonds. The summed E-state index contributed by atoms with van der Waals surface area (Å²) in [4.78, 5) is 29.9. The fourth-order valence-electron chi connectivity index (χ4n) is 4.06. The summed E-state index contributed by atoms with van der Waals surface area (Å²) in [6.45, 7) is 3.63. The van der Waals surface area contributed by atoms with Crippen LogP contribution in [0, 0.1) is 6.92 Å². The zero-order valence-electron chi connectivity index (χ0n) is 18.4. The van der Waals surface area contributed by atoms with E-state index in [1.807, 2.05) is 36.6 Å². The number of benzene rings is 1. The second kappa shape index (κ2) is 9.56. The molecule has 10 heteroatoms. The van der Waals surface area contributed by atoms with Gasteiger partial charge in [-0.2, -0.15) is 5.10 Å². The third kappa shape index (κ3) is 4.63. The van der Waals surface area contributed by atoms with Crippen LogP contribution < -0.4 is 11.0 Å². The van der Waals surface area contributed by atoms with E-state index in [0.29, 0.717) is 36.6 Å². The quantitative estimate of drug-likeness (QED) is 0.301. The number of para-hydroxylation sites is 1. The Morgan fingerprint density at radius 1 is 1.30 bits per heavy atom. The minimum absolute atomic E-state index is 0.0509. The first kappa shape index (κ1) is 22.0. The number of carbonyl (C=O) groups excluding carboxylic acids is 1. The second-order valence-corrected chi connectivity index (χ2v) is 10.2. The van der Waals surface area contributed by atoms with Crippen LogP contribution in [0.2, 0.25) is 0 Å². The molecule has 1 N–H and O–H groups in total. The molecule has 0 atom stereocenters. The number of carbonyl (C=O) groups is 1. The lowest BCUT2D eigenvalue weighted by atomic mass is 10.1. The van der Waals surface area contributed by atoms with E-state index in [0.717, 1.165) is 52.6 Å². The van der Waals surface area contributed by atoms with E-state index in [9.17, 15) is 9.59 Å². The summed E-state index contributed by atoms with van der Waals surface area (Å²) in [5.74, 6) is 1.57. The van der Waals surface area contributed by atoms with E-state index in [1.54, 1.807) is 27.7 Å². The number of hydrogen-bond donors (Lipinski definition) is 1. The molecule has 0 bridgehead atoms. The Labute approximate surface area is 199 Å². The van der Waals surface area contributed by atoms with Crippen molar-refractivity contribution in [2.45, 2.75) is 55.8 Å². The van der Waals surface area contributed by atoms with Gasteiger partial charge in [-0.15, -0.1) is 11.3 Å². The molecule has 0 aliphatic carbocycles. The zero-order chi connectivity index (χ0) is 22.8. The third-order valence-corrected chi connectivity index (χ3v) is 7.87. The third-order valence-electron chi connectivity index (χ3n) is 5.71. The van der Waals surface area contributed by atoms with E-state index < -0.39 is 0 Å². The molecule has 5 rings (SSSR count). The summed E-state index contributed by atoms with van der Waals surface area (Å²) in [6, 6.07) is 7.70. The number of aromatic nitrogens is 4. The lowest BCUT2D eigenvalue weighted by molar-refractivity contribution is 0.0926. The zero-order valence-corrected chi connectivity index (χ0v) is 20.0. The Kier molecular flexibility index (Phi) is 6.37. The normalized spacial score (nSPS) is 13.4. The van der Waals surface area contributed by atoms with E-state index in [1.165, 1.54) is 4.68 Å². The summed E-state index contributed by atoms with van der Waals surface area (Å²) in [5.41, 5.74) is 2.52. The summed E-state index contributed by atoms with van der Waals surface area (Å²) in [7, 11) is 0. The first-order valence-electron chi connectivity index (χ1n) is 11.1. The molecule has 0 saturated heterocycles. The largest absolute Gasteiger partial charge is 0.451 e. The van der Waals surface area contributed by atoms with Crippen LogP contribution in [0.1, 0.15) is 46.9 Å². The van der Waals surface area contributed by atoms with E-state index >= 15 is 0 Å². The highest BCUT2D eigenvalue weighted by molar-refractivity contribution is 8.00. The number of thiazole rings is 1. The van der Waals surface area contributed by atoms with Gasteiger partial charge in [0.05, 0.1) is 0 Å². The monoisotopic (exact) mass is 483 g/mol. The van der Waals surface area contributed by atoms with Crippen LogP contribution in [0.25, 0.3) is 11.0 Å². The maximum Gasteiger partial charge on any atom is 0.345 e. The van der Waals surface area contributed by atoms with Crippen molar-refractivity contribution in [3.63, 3.8) is 0 Å². The Bertz CT molecular complexity index is 1350. The maximum absolute atomic E-state index is 13.0. The van der Waals surface area contributed by atoms with Crippen LogP contribution in [0.3, 0.4) is 0 Å². The molecule has 0 unspecified atom stereocenters. The molecule has 8 nitrogen and oxygen atoms in total. The van der Waals surface area contributed by atoms with E-state index in [4.69, 9.17) is 4.42 Å². The van der Waals surface area contributed by atoms with Gasteiger partial charge in [0, 0.05) is 53.8 Å². The van der Waals surface area contributed by atoms with Gasteiger partial charge in [-0.05, 0) is 32.3 Å².